The van der Waals surface area contributed by atoms with Crippen molar-refractivity contribution in [2.45, 2.75) is 64.1 Å². The molecule has 0 aliphatic heterocycles. The van der Waals surface area contributed by atoms with Crippen LogP contribution < -0.4 is 5.32 Å². The van der Waals surface area contributed by atoms with Gasteiger partial charge in [-0.25, -0.2) is 0 Å². The molecule has 1 fully saturated rings. The molecule has 0 spiro atoms. The standard InChI is InChI=1S/C13H27NO2/c1-10(2)13(8-9-16-3)14-11-4-6-12(15)7-5-11/h10-15H,4-9H2,1-3H3. The lowest BCUT2D eigenvalue weighted by molar-refractivity contribution is 0.108. The van der Waals surface area contributed by atoms with Crippen LogP contribution in [0.25, 0.3) is 0 Å². The Kier molecular flexibility index (Phi) is 6.32. The van der Waals surface area contributed by atoms with Crippen LogP contribution in [-0.4, -0.2) is 37.0 Å². The van der Waals surface area contributed by atoms with Crippen molar-refractivity contribution in [1.29, 1.82) is 0 Å². The van der Waals surface area contributed by atoms with Crippen molar-refractivity contribution in [1.82, 2.24) is 5.32 Å². The minimum Gasteiger partial charge on any atom is -0.393 e. The molecule has 0 amide bonds. The van der Waals surface area contributed by atoms with E-state index in [0.717, 1.165) is 38.7 Å². The Morgan fingerprint density at radius 2 is 1.88 bits per heavy atom. The third-order valence-electron chi connectivity index (χ3n) is 3.58. The van der Waals surface area contributed by atoms with Crippen molar-refractivity contribution in [3.8, 4) is 0 Å². The summed E-state index contributed by atoms with van der Waals surface area (Å²) in [5, 5.41) is 13.2. The van der Waals surface area contributed by atoms with Crippen molar-refractivity contribution in [3.63, 3.8) is 0 Å². The Hall–Kier alpha value is -0.120. The highest BCUT2D eigenvalue weighted by atomic mass is 16.5. The van der Waals surface area contributed by atoms with E-state index in [1.165, 1.54) is 0 Å². The second-order valence-electron chi connectivity index (χ2n) is 5.30. The summed E-state index contributed by atoms with van der Waals surface area (Å²) >= 11 is 0. The second kappa shape index (κ2) is 7.25. The maximum absolute atomic E-state index is 9.46. The summed E-state index contributed by atoms with van der Waals surface area (Å²) in [6.45, 7) is 5.33. The molecular weight excluding hydrogens is 202 g/mol. The summed E-state index contributed by atoms with van der Waals surface area (Å²) in [5.41, 5.74) is 0. The van der Waals surface area contributed by atoms with Crippen LogP contribution in [0, 0.1) is 5.92 Å². The van der Waals surface area contributed by atoms with Gasteiger partial charge in [0.25, 0.3) is 0 Å². The van der Waals surface area contributed by atoms with E-state index in [-0.39, 0.29) is 6.10 Å². The molecule has 3 nitrogen and oxygen atoms in total. The Morgan fingerprint density at radius 3 is 2.38 bits per heavy atom. The first-order chi connectivity index (χ1) is 7.63. The van der Waals surface area contributed by atoms with Gasteiger partial charge in [-0.1, -0.05) is 13.8 Å². The normalized spacial score (nSPS) is 28.3. The van der Waals surface area contributed by atoms with Crippen LogP contribution in [0.5, 0.6) is 0 Å². The van der Waals surface area contributed by atoms with Gasteiger partial charge in [0.05, 0.1) is 6.10 Å². The van der Waals surface area contributed by atoms with E-state index in [4.69, 9.17) is 4.74 Å². The lowest BCUT2D eigenvalue weighted by Crippen LogP contribution is -2.44. The first kappa shape index (κ1) is 13.9. The van der Waals surface area contributed by atoms with Crippen molar-refractivity contribution >= 4 is 0 Å². The maximum Gasteiger partial charge on any atom is 0.0541 e. The Labute approximate surface area is 99.6 Å². The minimum absolute atomic E-state index is 0.0606. The molecule has 96 valence electrons. The molecule has 1 atom stereocenters. The zero-order valence-electron chi connectivity index (χ0n) is 10.9. The van der Waals surface area contributed by atoms with Gasteiger partial charge >= 0.3 is 0 Å². The van der Waals surface area contributed by atoms with E-state index in [1.807, 2.05) is 0 Å². The number of hydrogen-bond donors (Lipinski definition) is 2. The van der Waals surface area contributed by atoms with Crippen molar-refractivity contribution < 1.29 is 9.84 Å². The quantitative estimate of drug-likeness (QED) is 0.731. The first-order valence-corrected chi connectivity index (χ1v) is 6.56. The van der Waals surface area contributed by atoms with E-state index in [1.54, 1.807) is 7.11 Å². The molecule has 1 aliphatic carbocycles. The fraction of sp³-hybridized carbons (Fsp3) is 1.00. The smallest absolute Gasteiger partial charge is 0.0541 e. The lowest BCUT2D eigenvalue weighted by Gasteiger charge is -2.32. The van der Waals surface area contributed by atoms with Crippen LogP contribution in [0.1, 0.15) is 46.0 Å². The monoisotopic (exact) mass is 229 g/mol. The van der Waals surface area contributed by atoms with E-state index in [0.29, 0.717) is 18.0 Å². The molecule has 1 saturated carbocycles. The van der Waals surface area contributed by atoms with Gasteiger partial charge in [0.15, 0.2) is 0 Å². The lowest BCUT2D eigenvalue weighted by atomic mass is 9.91. The van der Waals surface area contributed by atoms with Gasteiger partial charge in [-0.3, -0.25) is 0 Å². The largest absolute Gasteiger partial charge is 0.393 e. The van der Waals surface area contributed by atoms with Gasteiger partial charge in [0.1, 0.15) is 0 Å². The number of nitrogens with one attached hydrogen (secondary N) is 1. The number of aliphatic hydroxyl groups excluding tert-OH is 1. The summed E-state index contributed by atoms with van der Waals surface area (Å²) in [6, 6.07) is 1.13. The summed E-state index contributed by atoms with van der Waals surface area (Å²) in [7, 11) is 1.76. The molecular formula is C13H27NO2. The van der Waals surface area contributed by atoms with Crippen LogP contribution in [-0.2, 0) is 4.74 Å². The highest BCUT2D eigenvalue weighted by molar-refractivity contribution is 4.81. The van der Waals surface area contributed by atoms with Crippen molar-refractivity contribution in [2.75, 3.05) is 13.7 Å². The SMILES string of the molecule is COCCC(NC1CCC(O)CC1)C(C)C. The van der Waals surface area contributed by atoms with E-state index in [2.05, 4.69) is 19.2 Å². The van der Waals surface area contributed by atoms with Crippen LogP contribution in [0.4, 0.5) is 0 Å². The first-order valence-electron chi connectivity index (χ1n) is 6.56. The van der Waals surface area contributed by atoms with Crippen LogP contribution in [0.3, 0.4) is 0 Å². The van der Waals surface area contributed by atoms with E-state index in [9.17, 15) is 5.11 Å². The second-order valence-corrected chi connectivity index (χ2v) is 5.30. The number of hydrogen-bond acceptors (Lipinski definition) is 3. The molecule has 0 radical (unpaired) electrons. The number of rotatable bonds is 6. The molecule has 0 saturated heterocycles. The number of aliphatic hydroxyl groups is 1. The van der Waals surface area contributed by atoms with Crippen molar-refractivity contribution in [2.24, 2.45) is 5.92 Å². The maximum atomic E-state index is 9.46. The molecule has 1 aliphatic rings. The predicted octanol–water partition coefficient (Wildman–Crippen LogP) is 1.94. The van der Waals surface area contributed by atoms with Gasteiger partial charge in [0.2, 0.25) is 0 Å². The van der Waals surface area contributed by atoms with Gasteiger partial charge < -0.3 is 15.2 Å². The van der Waals surface area contributed by atoms with Gasteiger partial charge in [-0.05, 0) is 38.0 Å². The molecule has 0 heterocycles. The number of methoxy groups -OCH3 is 1. The average Bonchev–Trinajstić information content (AvgIpc) is 2.26. The summed E-state index contributed by atoms with van der Waals surface area (Å²) in [4.78, 5) is 0. The Bertz CT molecular complexity index is 177. The molecule has 1 unspecified atom stereocenters. The minimum atomic E-state index is -0.0606. The summed E-state index contributed by atoms with van der Waals surface area (Å²) in [5.74, 6) is 0.641. The molecule has 2 N–H and O–H groups in total. The molecule has 0 aromatic rings. The summed E-state index contributed by atoms with van der Waals surface area (Å²) < 4.78 is 5.15. The Balaban J connectivity index is 2.30. The third kappa shape index (κ3) is 4.81. The van der Waals surface area contributed by atoms with Gasteiger partial charge in [-0.2, -0.15) is 0 Å². The molecule has 1 rings (SSSR count). The zero-order valence-corrected chi connectivity index (χ0v) is 10.9. The van der Waals surface area contributed by atoms with E-state index >= 15 is 0 Å². The van der Waals surface area contributed by atoms with Crippen LogP contribution in [0.15, 0.2) is 0 Å². The summed E-state index contributed by atoms with van der Waals surface area (Å²) in [6.07, 6.45) is 5.14. The molecule has 16 heavy (non-hydrogen) atoms. The van der Waals surface area contributed by atoms with Gasteiger partial charge in [-0.15, -0.1) is 0 Å². The van der Waals surface area contributed by atoms with Crippen molar-refractivity contribution in [3.05, 3.63) is 0 Å². The fourth-order valence-electron chi connectivity index (χ4n) is 2.40. The Morgan fingerprint density at radius 1 is 1.25 bits per heavy atom. The van der Waals surface area contributed by atoms with Crippen LogP contribution in [0.2, 0.25) is 0 Å². The molecule has 3 heteroatoms. The highest BCUT2D eigenvalue weighted by Crippen LogP contribution is 2.20. The third-order valence-corrected chi connectivity index (χ3v) is 3.58. The number of ether oxygens (including phenoxy) is 1. The van der Waals surface area contributed by atoms with E-state index < -0.39 is 0 Å². The van der Waals surface area contributed by atoms with Gasteiger partial charge in [0, 0.05) is 25.8 Å². The predicted molar refractivity (Wildman–Crippen MR) is 66.5 cm³/mol. The topological polar surface area (TPSA) is 41.5 Å². The molecule has 0 aromatic heterocycles. The molecule has 0 aromatic carbocycles. The van der Waals surface area contributed by atoms with Crippen LogP contribution >= 0.6 is 0 Å². The molecule has 0 bridgehead atoms. The highest BCUT2D eigenvalue weighted by Gasteiger charge is 2.22. The zero-order chi connectivity index (χ0) is 12.0. The fourth-order valence-corrected chi connectivity index (χ4v) is 2.40. The average molecular weight is 229 g/mol.